The topological polar surface area (TPSA) is 44.7 Å². The first-order chi connectivity index (χ1) is 13.6. The predicted molar refractivity (Wildman–Crippen MR) is 112 cm³/mol. The molecule has 2 aliphatic rings. The Hall–Kier alpha value is -2.70. The van der Waals surface area contributed by atoms with Gasteiger partial charge in [0.1, 0.15) is 5.82 Å². The maximum atomic E-state index is 14.8. The van der Waals surface area contributed by atoms with Crippen LogP contribution in [0.25, 0.3) is 10.4 Å². The van der Waals surface area contributed by atoms with Gasteiger partial charge in [-0.1, -0.05) is 29.8 Å². The van der Waals surface area contributed by atoms with Crippen molar-refractivity contribution in [1.82, 2.24) is 5.32 Å². The summed E-state index contributed by atoms with van der Waals surface area (Å²) in [5, 5.41) is 2.86. The van der Waals surface area contributed by atoms with Gasteiger partial charge in [0.15, 0.2) is 0 Å². The van der Waals surface area contributed by atoms with Crippen molar-refractivity contribution in [3.05, 3.63) is 69.8 Å². The van der Waals surface area contributed by atoms with Crippen LogP contribution in [0.5, 0.6) is 0 Å². The van der Waals surface area contributed by atoms with Crippen LogP contribution in [0.3, 0.4) is 0 Å². The number of benzene rings is 2. The van der Waals surface area contributed by atoms with Gasteiger partial charge in [-0.15, -0.1) is 11.3 Å². The minimum Gasteiger partial charge on any atom is -0.335 e. The second kappa shape index (κ2) is 6.72. The van der Waals surface area contributed by atoms with E-state index in [9.17, 15) is 9.18 Å². The lowest BCUT2D eigenvalue weighted by molar-refractivity contribution is 0.251. The summed E-state index contributed by atoms with van der Waals surface area (Å²) >= 11 is 7.31. The number of hydrogen-bond donors (Lipinski definition) is 1. The van der Waals surface area contributed by atoms with Crippen LogP contribution in [0.15, 0.2) is 53.5 Å². The Morgan fingerprint density at radius 1 is 1.18 bits per heavy atom. The van der Waals surface area contributed by atoms with Crippen molar-refractivity contribution in [2.24, 2.45) is 4.99 Å². The quantitative estimate of drug-likeness (QED) is 0.587. The molecule has 7 heteroatoms. The molecule has 140 valence electrons. The molecule has 3 aromatic rings. The standard InChI is InChI=1S/C21H15ClFN3OS/c22-20-6-5-19(28-20)15-4-2-13(9-16(15)23)18-11-25-21(27)26(18)14-3-1-12-7-8-24-17(12)10-14/h1-6,8-10,18H,7,11H2,(H,25,27). The van der Waals surface area contributed by atoms with Crippen LogP contribution in [-0.2, 0) is 6.42 Å². The molecule has 1 atom stereocenters. The average Bonchev–Trinajstić information content (AvgIpc) is 3.40. The molecule has 0 saturated carbocycles. The van der Waals surface area contributed by atoms with Gasteiger partial charge in [0.05, 0.1) is 16.1 Å². The fraction of sp³-hybridized carbons (Fsp3) is 0.143. The number of halogens is 2. The molecule has 1 N–H and O–H groups in total. The molecular formula is C21H15ClFN3OS. The summed E-state index contributed by atoms with van der Waals surface area (Å²) in [6, 6.07) is 14.0. The van der Waals surface area contributed by atoms with Crippen LogP contribution in [0.2, 0.25) is 4.34 Å². The summed E-state index contributed by atoms with van der Waals surface area (Å²) in [5.41, 5.74) is 4.03. The number of carbonyl (C=O) groups excluding carboxylic acids is 1. The van der Waals surface area contributed by atoms with Gasteiger partial charge in [-0.05, 0) is 41.5 Å². The van der Waals surface area contributed by atoms with Gasteiger partial charge in [0.25, 0.3) is 0 Å². The Bertz CT molecular complexity index is 1130. The Morgan fingerprint density at radius 3 is 2.86 bits per heavy atom. The number of thiophene rings is 1. The van der Waals surface area contributed by atoms with Crippen LogP contribution < -0.4 is 10.2 Å². The zero-order valence-electron chi connectivity index (χ0n) is 14.7. The Kier molecular flexibility index (Phi) is 4.18. The smallest absolute Gasteiger partial charge is 0.322 e. The molecule has 2 amide bonds. The van der Waals surface area contributed by atoms with E-state index in [0.717, 1.165) is 33.8 Å². The van der Waals surface area contributed by atoms with E-state index >= 15 is 0 Å². The third-order valence-corrected chi connectivity index (χ3v) is 6.35. The summed E-state index contributed by atoms with van der Waals surface area (Å²) in [6.07, 6.45) is 2.67. The summed E-state index contributed by atoms with van der Waals surface area (Å²) < 4.78 is 15.4. The minimum atomic E-state index is -0.325. The number of rotatable bonds is 3. The molecular weight excluding hydrogens is 397 g/mol. The summed E-state index contributed by atoms with van der Waals surface area (Å²) in [4.78, 5) is 19.3. The van der Waals surface area contributed by atoms with Gasteiger partial charge in [-0.3, -0.25) is 9.89 Å². The van der Waals surface area contributed by atoms with E-state index in [4.69, 9.17) is 11.6 Å². The maximum Gasteiger partial charge on any atom is 0.322 e. The molecule has 1 saturated heterocycles. The number of anilines is 1. The molecule has 3 heterocycles. The summed E-state index contributed by atoms with van der Waals surface area (Å²) in [6.45, 7) is 0.419. The third kappa shape index (κ3) is 2.89. The van der Waals surface area contributed by atoms with Gasteiger partial charge >= 0.3 is 6.03 Å². The molecule has 5 rings (SSSR count). The molecule has 2 aromatic carbocycles. The van der Waals surface area contributed by atoms with Crippen molar-refractivity contribution < 1.29 is 9.18 Å². The minimum absolute atomic E-state index is 0.193. The van der Waals surface area contributed by atoms with Crippen LogP contribution in [0.1, 0.15) is 17.2 Å². The molecule has 0 bridgehead atoms. The lowest BCUT2D eigenvalue weighted by atomic mass is 10.0. The van der Waals surface area contributed by atoms with Crippen molar-refractivity contribution in [1.29, 1.82) is 0 Å². The van der Waals surface area contributed by atoms with E-state index in [-0.39, 0.29) is 17.9 Å². The first kappa shape index (κ1) is 17.4. The number of nitrogens with one attached hydrogen (secondary N) is 1. The number of amides is 2. The van der Waals surface area contributed by atoms with E-state index in [2.05, 4.69) is 10.3 Å². The van der Waals surface area contributed by atoms with E-state index < -0.39 is 0 Å². The van der Waals surface area contributed by atoms with E-state index in [1.807, 2.05) is 36.5 Å². The second-order valence-corrected chi connectivity index (χ2v) is 8.46. The lowest BCUT2D eigenvalue weighted by Crippen LogP contribution is -2.29. The molecule has 1 unspecified atom stereocenters. The number of urea groups is 1. The molecule has 0 spiro atoms. The van der Waals surface area contributed by atoms with Gasteiger partial charge in [-0.25, -0.2) is 9.18 Å². The fourth-order valence-electron chi connectivity index (χ4n) is 3.70. The van der Waals surface area contributed by atoms with Crippen molar-refractivity contribution >= 4 is 46.6 Å². The number of hydrogen-bond acceptors (Lipinski definition) is 3. The average molecular weight is 412 g/mol. The zero-order valence-corrected chi connectivity index (χ0v) is 16.2. The van der Waals surface area contributed by atoms with Crippen LogP contribution in [0, 0.1) is 5.82 Å². The number of nitrogens with zero attached hydrogens (tertiary/aromatic N) is 2. The maximum absolute atomic E-state index is 14.8. The lowest BCUT2D eigenvalue weighted by Gasteiger charge is -2.24. The number of fused-ring (bicyclic) bond motifs is 1. The largest absolute Gasteiger partial charge is 0.335 e. The molecule has 0 aliphatic carbocycles. The van der Waals surface area contributed by atoms with Gasteiger partial charge < -0.3 is 5.32 Å². The van der Waals surface area contributed by atoms with E-state index in [0.29, 0.717) is 16.4 Å². The highest BCUT2D eigenvalue weighted by Crippen LogP contribution is 2.38. The predicted octanol–water partition coefficient (Wildman–Crippen LogP) is 5.74. The van der Waals surface area contributed by atoms with Crippen molar-refractivity contribution in [3.8, 4) is 10.4 Å². The van der Waals surface area contributed by atoms with E-state index in [1.165, 1.54) is 17.4 Å². The number of carbonyl (C=O) groups is 1. The SMILES string of the molecule is O=C1NCC(c2ccc(-c3ccc(Cl)s3)c(F)c2)N1c1ccc2c(c1)N=CC2. The van der Waals surface area contributed by atoms with Crippen LogP contribution in [0.4, 0.5) is 20.6 Å². The summed E-state index contributed by atoms with van der Waals surface area (Å²) in [5.74, 6) is -0.325. The Morgan fingerprint density at radius 2 is 2.07 bits per heavy atom. The van der Waals surface area contributed by atoms with Gasteiger partial charge in [-0.2, -0.15) is 0 Å². The number of aliphatic imine (C=N–C) groups is 1. The second-order valence-electron chi connectivity index (χ2n) is 6.74. The first-order valence-electron chi connectivity index (χ1n) is 8.88. The Labute approximate surface area is 170 Å². The zero-order chi connectivity index (χ0) is 19.3. The van der Waals surface area contributed by atoms with Crippen molar-refractivity contribution in [3.63, 3.8) is 0 Å². The van der Waals surface area contributed by atoms with Gasteiger partial charge in [0, 0.05) is 35.3 Å². The molecule has 2 aliphatic heterocycles. The van der Waals surface area contributed by atoms with Crippen LogP contribution >= 0.6 is 22.9 Å². The Balaban J connectivity index is 1.50. The normalized spacial score (nSPS) is 17.9. The molecule has 0 radical (unpaired) electrons. The molecule has 1 aromatic heterocycles. The van der Waals surface area contributed by atoms with Crippen molar-refractivity contribution in [2.45, 2.75) is 12.5 Å². The van der Waals surface area contributed by atoms with E-state index in [1.54, 1.807) is 17.0 Å². The van der Waals surface area contributed by atoms with Crippen molar-refractivity contribution in [2.75, 3.05) is 11.4 Å². The summed E-state index contributed by atoms with van der Waals surface area (Å²) in [7, 11) is 0. The molecule has 4 nitrogen and oxygen atoms in total. The van der Waals surface area contributed by atoms with Gasteiger partial charge in [0.2, 0.25) is 0 Å². The molecule has 1 fully saturated rings. The fourth-order valence-corrected chi connectivity index (χ4v) is 4.77. The molecule has 28 heavy (non-hydrogen) atoms. The van der Waals surface area contributed by atoms with Crippen LogP contribution in [-0.4, -0.2) is 18.8 Å². The highest BCUT2D eigenvalue weighted by atomic mass is 35.5. The highest BCUT2D eigenvalue weighted by Gasteiger charge is 2.34. The third-order valence-electron chi connectivity index (χ3n) is 5.08. The highest BCUT2D eigenvalue weighted by molar-refractivity contribution is 7.19. The monoisotopic (exact) mass is 411 g/mol. The first-order valence-corrected chi connectivity index (χ1v) is 10.1.